The minimum atomic E-state index is -0.268. The highest BCUT2D eigenvalue weighted by Gasteiger charge is 2.18. The summed E-state index contributed by atoms with van der Waals surface area (Å²) in [6.45, 7) is 0.803. The highest BCUT2D eigenvalue weighted by Crippen LogP contribution is 2.27. The third-order valence-corrected chi connectivity index (χ3v) is 4.81. The summed E-state index contributed by atoms with van der Waals surface area (Å²) in [7, 11) is 3.18. The first-order chi connectivity index (χ1) is 13.5. The topological polar surface area (TPSA) is 65.4 Å². The number of nitrogens with one attached hydrogen (secondary N) is 1. The molecule has 1 N–H and O–H groups in total. The monoisotopic (exact) mass is 419 g/mol. The number of hydrogen-bond acceptors (Lipinski definition) is 4. The lowest BCUT2D eigenvalue weighted by molar-refractivity contribution is 0.0929. The lowest BCUT2D eigenvalue weighted by Gasteiger charge is -2.09. The molecule has 0 fully saturated rings. The molecule has 0 saturated carbocycles. The molecule has 2 aromatic carbocycles. The second kappa shape index (κ2) is 9.10. The second-order valence-electron chi connectivity index (χ2n) is 5.90. The predicted molar refractivity (Wildman–Crippen MR) is 110 cm³/mol. The van der Waals surface area contributed by atoms with Gasteiger partial charge in [-0.05, 0) is 48.5 Å². The minimum Gasteiger partial charge on any atom is -0.497 e. The Morgan fingerprint density at radius 2 is 1.82 bits per heavy atom. The van der Waals surface area contributed by atoms with Crippen LogP contribution < -0.4 is 10.1 Å². The van der Waals surface area contributed by atoms with Crippen molar-refractivity contribution in [2.24, 2.45) is 0 Å². The molecule has 146 valence electrons. The Hall–Kier alpha value is -2.54. The molecular weight excluding hydrogens is 401 g/mol. The highest BCUT2D eigenvalue weighted by atomic mass is 35.5. The van der Waals surface area contributed by atoms with Crippen molar-refractivity contribution >= 4 is 29.1 Å². The van der Waals surface area contributed by atoms with E-state index in [9.17, 15) is 4.79 Å². The summed E-state index contributed by atoms with van der Waals surface area (Å²) in [4.78, 5) is 12.7. The fourth-order valence-corrected chi connectivity index (χ4v) is 2.91. The average molecular weight is 420 g/mol. The summed E-state index contributed by atoms with van der Waals surface area (Å²) in [5.41, 5.74) is 2.50. The molecule has 0 atom stereocenters. The molecule has 3 aromatic rings. The van der Waals surface area contributed by atoms with Crippen molar-refractivity contribution in [3.8, 4) is 22.7 Å². The fraction of sp³-hybridized carbons (Fsp3) is 0.200. The van der Waals surface area contributed by atoms with Gasteiger partial charge in [0.05, 0.1) is 35.1 Å². The van der Waals surface area contributed by atoms with Gasteiger partial charge < -0.3 is 14.8 Å². The van der Waals surface area contributed by atoms with Gasteiger partial charge in [-0.15, -0.1) is 0 Å². The van der Waals surface area contributed by atoms with E-state index in [4.69, 9.17) is 32.7 Å². The molecule has 1 aromatic heterocycles. The second-order valence-corrected chi connectivity index (χ2v) is 6.72. The van der Waals surface area contributed by atoms with Crippen LogP contribution in [0.2, 0.25) is 10.0 Å². The summed E-state index contributed by atoms with van der Waals surface area (Å²) in [5, 5.41) is 8.23. The first-order valence-corrected chi connectivity index (χ1v) is 9.26. The summed E-state index contributed by atoms with van der Waals surface area (Å²) in [6.07, 6.45) is 0. The average Bonchev–Trinajstić information content (AvgIpc) is 3.16. The first-order valence-electron chi connectivity index (χ1n) is 8.50. The zero-order chi connectivity index (χ0) is 20.1. The van der Waals surface area contributed by atoms with Crippen molar-refractivity contribution in [3.63, 3.8) is 0 Å². The number of nitrogens with zero attached hydrogens (tertiary/aromatic N) is 2. The van der Waals surface area contributed by atoms with Crippen molar-refractivity contribution in [1.82, 2.24) is 15.1 Å². The van der Waals surface area contributed by atoms with E-state index in [0.717, 1.165) is 11.3 Å². The standard InChI is InChI=1S/C20H19Cl2N3O3/c1-27-10-9-23-20(26)19-12-18(13-3-6-15(28-2)7-4-13)24-25(19)14-5-8-16(21)17(22)11-14/h3-8,11-12H,9-10H2,1-2H3,(H,23,26). The molecule has 0 spiro atoms. The molecule has 0 saturated heterocycles. The van der Waals surface area contributed by atoms with Crippen LogP contribution in [0.1, 0.15) is 10.5 Å². The van der Waals surface area contributed by atoms with E-state index in [1.54, 1.807) is 43.2 Å². The Morgan fingerprint density at radius 1 is 1.07 bits per heavy atom. The fourth-order valence-electron chi connectivity index (χ4n) is 2.62. The number of benzene rings is 2. The van der Waals surface area contributed by atoms with Crippen LogP contribution in [0.5, 0.6) is 5.75 Å². The molecule has 28 heavy (non-hydrogen) atoms. The van der Waals surface area contributed by atoms with Gasteiger partial charge in [-0.25, -0.2) is 4.68 Å². The zero-order valence-corrected chi connectivity index (χ0v) is 16.9. The molecule has 0 bridgehead atoms. The molecule has 0 aliphatic heterocycles. The van der Waals surface area contributed by atoms with Gasteiger partial charge in [0.1, 0.15) is 11.4 Å². The molecule has 0 unspecified atom stereocenters. The number of ether oxygens (including phenoxy) is 2. The van der Waals surface area contributed by atoms with Gasteiger partial charge in [0.2, 0.25) is 0 Å². The largest absolute Gasteiger partial charge is 0.497 e. The summed E-state index contributed by atoms with van der Waals surface area (Å²) < 4.78 is 11.7. The maximum atomic E-state index is 12.7. The Labute approximate surface area is 173 Å². The molecule has 8 heteroatoms. The van der Waals surface area contributed by atoms with Crippen LogP contribution in [0.4, 0.5) is 0 Å². The van der Waals surface area contributed by atoms with Crippen LogP contribution in [0, 0.1) is 0 Å². The number of amides is 1. The Kier molecular flexibility index (Phi) is 6.57. The van der Waals surface area contributed by atoms with Crippen molar-refractivity contribution < 1.29 is 14.3 Å². The van der Waals surface area contributed by atoms with E-state index in [2.05, 4.69) is 10.4 Å². The van der Waals surface area contributed by atoms with Crippen molar-refractivity contribution in [3.05, 3.63) is 64.3 Å². The molecule has 1 heterocycles. The lowest BCUT2D eigenvalue weighted by Crippen LogP contribution is -2.28. The minimum absolute atomic E-state index is 0.268. The molecule has 0 aliphatic carbocycles. The zero-order valence-electron chi connectivity index (χ0n) is 15.4. The molecule has 3 rings (SSSR count). The van der Waals surface area contributed by atoms with Gasteiger partial charge in [-0.1, -0.05) is 23.2 Å². The molecule has 1 amide bonds. The number of hydrogen-bond donors (Lipinski definition) is 1. The van der Waals surface area contributed by atoms with Crippen LogP contribution in [0.15, 0.2) is 48.5 Å². The van der Waals surface area contributed by atoms with E-state index in [-0.39, 0.29) is 5.91 Å². The number of halogens is 2. The van der Waals surface area contributed by atoms with E-state index in [1.807, 2.05) is 24.3 Å². The van der Waals surface area contributed by atoms with Crippen LogP contribution in [-0.4, -0.2) is 43.1 Å². The summed E-state index contributed by atoms with van der Waals surface area (Å²) in [5.74, 6) is 0.473. The Morgan fingerprint density at radius 3 is 2.46 bits per heavy atom. The van der Waals surface area contributed by atoms with Crippen molar-refractivity contribution in [2.45, 2.75) is 0 Å². The van der Waals surface area contributed by atoms with Gasteiger partial charge in [-0.2, -0.15) is 5.10 Å². The summed E-state index contributed by atoms with van der Waals surface area (Å²) >= 11 is 12.2. The number of methoxy groups -OCH3 is 2. The van der Waals surface area contributed by atoms with Gasteiger partial charge >= 0.3 is 0 Å². The summed E-state index contributed by atoms with van der Waals surface area (Å²) in [6, 6.07) is 14.3. The highest BCUT2D eigenvalue weighted by molar-refractivity contribution is 6.42. The predicted octanol–water partition coefficient (Wildman–Crippen LogP) is 4.23. The van der Waals surface area contributed by atoms with E-state index >= 15 is 0 Å². The molecule has 0 aliphatic rings. The third kappa shape index (κ3) is 4.47. The Balaban J connectivity index is 2.02. The molecule has 6 nitrogen and oxygen atoms in total. The maximum Gasteiger partial charge on any atom is 0.270 e. The number of aromatic nitrogens is 2. The van der Waals surface area contributed by atoms with Crippen LogP contribution in [0.25, 0.3) is 16.9 Å². The van der Waals surface area contributed by atoms with Gasteiger partial charge in [-0.3, -0.25) is 4.79 Å². The first kappa shape index (κ1) is 20.2. The third-order valence-electron chi connectivity index (χ3n) is 4.07. The van der Waals surface area contributed by atoms with Gasteiger partial charge in [0.25, 0.3) is 5.91 Å². The van der Waals surface area contributed by atoms with Crippen molar-refractivity contribution in [1.29, 1.82) is 0 Å². The smallest absolute Gasteiger partial charge is 0.270 e. The van der Waals surface area contributed by atoms with E-state index in [0.29, 0.717) is 40.3 Å². The number of carbonyl (C=O) groups is 1. The van der Waals surface area contributed by atoms with E-state index < -0.39 is 0 Å². The van der Waals surface area contributed by atoms with Crippen LogP contribution in [0.3, 0.4) is 0 Å². The lowest BCUT2D eigenvalue weighted by atomic mass is 10.1. The number of rotatable bonds is 7. The molecule has 0 radical (unpaired) electrons. The van der Waals surface area contributed by atoms with E-state index in [1.165, 1.54) is 0 Å². The maximum absolute atomic E-state index is 12.7. The van der Waals surface area contributed by atoms with Gasteiger partial charge in [0.15, 0.2) is 0 Å². The Bertz CT molecular complexity index is 971. The van der Waals surface area contributed by atoms with Crippen LogP contribution >= 0.6 is 23.2 Å². The van der Waals surface area contributed by atoms with Gasteiger partial charge in [0, 0.05) is 19.2 Å². The van der Waals surface area contributed by atoms with Crippen molar-refractivity contribution in [2.75, 3.05) is 27.4 Å². The SMILES string of the molecule is COCCNC(=O)c1cc(-c2ccc(OC)cc2)nn1-c1ccc(Cl)c(Cl)c1. The quantitative estimate of drug-likeness (QED) is 0.581. The number of carbonyl (C=O) groups excluding carboxylic acids is 1. The normalized spacial score (nSPS) is 10.7. The molecular formula is C20H19Cl2N3O3. The van der Waals surface area contributed by atoms with Crippen LogP contribution in [-0.2, 0) is 4.74 Å².